The Morgan fingerprint density at radius 2 is 0.567 bits per heavy atom. The molecule has 0 saturated heterocycles. The Balaban J connectivity index is 1.83. The Morgan fingerprint density at radius 1 is 0.333 bits per heavy atom. The maximum absolute atomic E-state index is 5.97. The molecule has 0 atom stereocenters. The average molecular weight is 452 g/mol. The van der Waals surface area contributed by atoms with E-state index < -0.39 is 0 Å². The first-order valence-corrected chi connectivity index (χ1v) is 11.4. The molecule has 0 N–H and O–H groups in total. The quantitative estimate of drug-likeness (QED) is 0.257. The summed E-state index contributed by atoms with van der Waals surface area (Å²) in [4.78, 5) is 0. The van der Waals surface area contributed by atoms with E-state index in [1.54, 1.807) is 0 Å². The number of alkyl halides is 3. The van der Waals surface area contributed by atoms with Crippen LogP contribution >= 0.6 is 34.8 Å². The Kier molecular flexibility index (Phi) is 6.79. The molecule has 0 radical (unpaired) electrons. The number of rotatable bonds is 6. The van der Waals surface area contributed by atoms with Crippen molar-refractivity contribution in [3.63, 3.8) is 0 Å². The van der Waals surface area contributed by atoms with Crippen LogP contribution in [0.2, 0.25) is 0 Å². The molecule has 0 aliphatic rings. The topological polar surface area (TPSA) is 0 Å². The van der Waals surface area contributed by atoms with Gasteiger partial charge in [-0.25, -0.2) is 0 Å². The van der Waals surface area contributed by atoms with E-state index >= 15 is 0 Å². The predicted molar refractivity (Wildman–Crippen MR) is 131 cm³/mol. The minimum absolute atomic E-state index is 0.519. The van der Waals surface area contributed by atoms with E-state index in [1.807, 2.05) is 0 Å². The molecule has 4 aromatic rings. The number of halogens is 3. The summed E-state index contributed by atoms with van der Waals surface area (Å²) in [6.07, 6.45) is 0. The van der Waals surface area contributed by atoms with E-state index in [-0.39, 0.29) is 0 Å². The van der Waals surface area contributed by atoms with Crippen LogP contribution in [0.3, 0.4) is 0 Å². The van der Waals surface area contributed by atoms with Crippen molar-refractivity contribution in [1.82, 2.24) is 0 Å². The molecule has 0 heterocycles. The van der Waals surface area contributed by atoms with Crippen LogP contribution in [0, 0.1) is 0 Å². The van der Waals surface area contributed by atoms with Gasteiger partial charge in [-0.3, -0.25) is 0 Å². The molecule has 0 nitrogen and oxygen atoms in total. The lowest BCUT2D eigenvalue weighted by Crippen LogP contribution is -1.88. The fourth-order valence-electron chi connectivity index (χ4n) is 3.49. The summed E-state index contributed by atoms with van der Waals surface area (Å²) in [5, 5.41) is 0. The van der Waals surface area contributed by atoms with E-state index in [9.17, 15) is 0 Å². The van der Waals surface area contributed by atoms with Gasteiger partial charge in [0.1, 0.15) is 0 Å². The molecule has 4 aromatic carbocycles. The van der Waals surface area contributed by atoms with Gasteiger partial charge >= 0.3 is 0 Å². The lowest BCUT2D eigenvalue weighted by molar-refractivity contribution is 1.39. The van der Waals surface area contributed by atoms with E-state index in [1.165, 1.54) is 33.4 Å². The van der Waals surface area contributed by atoms with Crippen LogP contribution in [0.5, 0.6) is 0 Å². The molecule has 0 bridgehead atoms. The molecule has 0 saturated carbocycles. The molecule has 0 aliphatic carbocycles. The molecule has 0 aromatic heterocycles. The van der Waals surface area contributed by atoms with Crippen LogP contribution in [0.25, 0.3) is 33.4 Å². The van der Waals surface area contributed by atoms with Gasteiger partial charge in [-0.05, 0) is 68.3 Å². The van der Waals surface area contributed by atoms with Crippen molar-refractivity contribution in [1.29, 1.82) is 0 Å². The van der Waals surface area contributed by atoms with Crippen molar-refractivity contribution < 1.29 is 0 Å². The second kappa shape index (κ2) is 9.71. The van der Waals surface area contributed by atoms with Crippen molar-refractivity contribution in [2.75, 3.05) is 0 Å². The van der Waals surface area contributed by atoms with Crippen LogP contribution in [0.4, 0.5) is 0 Å². The van der Waals surface area contributed by atoms with E-state index in [0.29, 0.717) is 17.6 Å². The SMILES string of the molecule is ClCc1ccc(-c2cc(-c3ccc(CCl)cc3)cc(-c3ccc(CCl)cc3)c2)cc1. The fraction of sp³-hybridized carbons (Fsp3) is 0.111. The molecule has 0 unspecified atom stereocenters. The zero-order valence-corrected chi connectivity index (χ0v) is 18.7. The Labute approximate surface area is 193 Å². The predicted octanol–water partition coefficient (Wildman–Crippen LogP) is 8.90. The fourth-order valence-corrected chi connectivity index (χ4v) is 4.02. The van der Waals surface area contributed by atoms with Crippen LogP contribution in [-0.2, 0) is 17.6 Å². The highest BCUT2D eigenvalue weighted by Gasteiger charge is 2.08. The molecule has 0 aliphatic heterocycles. The third kappa shape index (κ3) is 4.73. The van der Waals surface area contributed by atoms with Gasteiger partial charge in [0.15, 0.2) is 0 Å². The third-order valence-electron chi connectivity index (χ3n) is 5.26. The molecule has 4 rings (SSSR count). The summed E-state index contributed by atoms with van der Waals surface area (Å²) < 4.78 is 0. The molecule has 30 heavy (non-hydrogen) atoms. The first-order chi connectivity index (χ1) is 14.7. The zero-order valence-electron chi connectivity index (χ0n) is 16.4. The Morgan fingerprint density at radius 3 is 0.767 bits per heavy atom. The van der Waals surface area contributed by atoms with Crippen molar-refractivity contribution in [3.8, 4) is 33.4 Å². The smallest absolute Gasteiger partial charge is 0.0474 e. The monoisotopic (exact) mass is 450 g/mol. The zero-order chi connectivity index (χ0) is 20.9. The summed E-state index contributed by atoms with van der Waals surface area (Å²) in [6.45, 7) is 0. The van der Waals surface area contributed by atoms with Crippen LogP contribution in [-0.4, -0.2) is 0 Å². The Bertz CT molecular complexity index is 954. The second-order valence-corrected chi connectivity index (χ2v) is 8.09. The van der Waals surface area contributed by atoms with Gasteiger partial charge < -0.3 is 0 Å². The number of hydrogen-bond donors (Lipinski definition) is 0. The maximum Gasteiger partial charge on any atom is 0.0474 e. The molecule has 0 amide bonds. The molecular weight excluding hydrogens is 431 g/mol. The van der Waals surface area contributed by atoms with Gasteiger partial charge in [-0.2, -0.15) is 0 Å². The van der Waals surface area contributed by atoms with Gasteiger partial charge in [-0.15, -0.1) is 34.8 Å². The summed E-state index contributed by atoms with van der Waals surface area (Å²) in [5.41, 5.74) is 10.4. The van der Waals surface area contributed by atoms with Crippen molar-refractivity contribution in [3.05, 3.63) is 108 Å². The highest BCUT2D eigenvalue weighted by Crippen LogP contribution is 2.33. The van der Waals surface area contributed by atoms with Gasteiger partial charge in [0.2, 0.25) is 0 Å². The molecular formula is C27H21Cl3. The number of benzene rings is 4. The normalized spacial score (nSPS) is 10.9. The van der Waals surface area contributed by atoms with E-state index in [4.69, 9.17) is 34.8 Å². The average Bonchev–Trinajstić information content (AvgIpc) is 2.84. The summed E-state index contributed by atoms with van der Waals surface area (Å²) >= 11 is 17.9. The Hall–Kier alpha value is -2.25. The lowest BCUT2D eigenvalue weighted by atomic mass is 9.92. The first kappa shape index (κ1) is 21.0. The maximum atomic E-state index is 5.97. The van der Waals surface area contributed by atoms with Crippen LogP contribution in [0.1, 0.15) is 16.7 Å². The molecule has 0 fully saturated rings. The van der Waals surface area contributed by atoms with E-state index in [0.717, 1.165) is 16.7 Å². The number of hydrogen-bond acceptors (Lipinski definition) is 0. The highest BCUT2D eigenvalue weighted by molar-refractivity contribution is 6.17. The lowest BCUT2D eigenvalue weighted by Gasteiger charge is -2.12. The van der Waals surface area contributed by atoms with Gasteiger partial charge in [-0.1, -0.05) is 72.8 Å². The third-order valence-corrected chi connectivity index (χ3v) is 6.18. The standard InChI is InChI=1S/C27H21Cl3/c28-16-19-1-7-22(8-2-19)25-13-26(23-9-3-20(17-29)4-10-23)15-27(14-25)24-11-5-21(18-30)6-12-24/h1-15H,16-18H2. The largest absolute Gasteiger partial charge is 0.122 e. The highest BCUT2D eigenvalue weighted by atomic mass is 35.5. The van der Waals surface area contributed by atoms with E-state index in [2.05, 4.69) is 91.0 Å². The van der Waals surface area contributed by atoms with Crippen molar-refractivity contribution in [2.24, 2.45) is 0 Å². The van der Waals surface area contributed by atoms with Crippen LogP contribution < -0.4 is 0 Å². The first-order valence-electron chi connectivity index (χ1n) is 9.81. The van der Waals surface area contributed by atoms with Gasteiger partial charge in [0.05, 0.1) is 0 Å². The molecule has 3 heteroatoms. The minimum Gasteiger partial charge on any atom is -0.122 e. The minimum atomic E-state index is 0.519. The molecule has 150 valence electrons. The summed E-state index contributed by atoms with van der Waals surface area (Å²) in [6, 6.07) is 32.0. The van der Waals surface area contributed by atoms with Gasteiger partial charge in [0.25, 0.3) is 0 Å². The van der Waals surface area contributed by atoms with Crippen LogP contribution in [0.15, 0.2) is 91.0 Å². The van der Waals surface area contributed by atoms with Gasteiger partial charge in [0, 0.05) is 17.6 Å². The molecule has 0 spiro atoms. The second-order valence-electron chi connectivity index (χ2n) is 7.29. The summed E-state index contributed by atoms with van der Waals surface area (Å²) in [5.74, 6) is 1.56. The van der Waals surface area contributed by atoms with Crippen molar-refractivity contribution >= 4 is 34.8 Å². The summed E-state index contributed by atoms with van der Waals surface area (Å²) in [7, 11) is 0. The van der Waals surface area contributed by atoms with Crippen molar-refractivity contribution in [2.45, 2.75) is 17.6 Å².